The van der Waals surface area contributed by atoms with Gasteiger partial charge in [0.05, 0.1) is 23.6 Å². The lowest BCUT2D eigenvalue weighted by Crippen LogP contribution is -2.53. The SMILES string of the molecule is COc1ccc2nccc([C@@H](O)CN3CC[C@H](NCC4Sc5cccnc5NC4=O)[C@H](F)C3)c2c1.Cl.Cl. The van der Waals surface area contributed by atoms with E-state index in [9.17, 15) is 9.90 Å². The number of aliphatic hydroxyl groups is 1. The van der Waals surface area contributed by atoms with Crippen LogP contribution in [-0.4, -0.2) is 76.6 Å². The van der Waals surface area contributed by atoms with E-state index < -0.39 is 12.3 Å². The molecule has 2 aromatic heterocycles. The van der Waals surface area contributed by atoms with E-state index in [1.807, 2.05) is 35.2 Å². The number of nitrogens with one attached hydrogen (secondary N) is 2. The minimum Gasteiger partial charge on any atom is -0.497 e. The number of halogens is 3. The fraction of sp³-hybridized carbons (Fsp3) is 0.400. The number of likely N-dealkylation sites (tertiary alicyclic amines) is 1. The van der Waals surface area contributed by atoms with E-state index in [0.29, 0.717) is 37.6 Å². The molecule has 0 spiro atoms. The number of carbonyl (C=O) groups excluding carboxylic acids is 1. The Morgan fingerprint density at radius 2 is 2.11 bits per heavy atom. The van der Waals surface area contributed by atoms with Crippen LogP contribution in [0.4, 0.5) is 10.2 Å². The standard InChI is InChI=1S/C25H28FN5O3S.2ClH/c1-34-15-4-5-19-17(11-15)16(6-9-27-19)21(32)14-31-10-7-20(18(26)13-31)29-12-23-25(33)30-24-22(35-23)3-2-8-28-24;;/h2-6,8-9,11,18,20-21,23,29,32H,7,10,12-14H2,1H3,(H,28,30,33);2*1H/t18-,20+,21+,23?;;/m1../s1. The van der Waals surface area contributed by atoms with Crippen molar-refractivity contribution < 1.29 is 19.0 Å². The molecule has 1 amide bonds. The first-order valence-corrected chi connectivity index (χ1v) is 12.5. The van der Waals surface area contributed by atoms with Crippen molar-refractivity contribution in [3.63, 3.8) is 0 Å². The number of fused-ring (bicyclic) bond motifs is 2. The number of pyridine rings is 2. The molecule has 12 heteroatoms. The zero-order valence-corrected chi connectivity index (χ0v) is 22.6. The molecular formula is C25H30Cl2FN5O3S. The van der Waals surface area contributed by atoms with Gasteiger partial charge < -0.3 is 20.5 Å². The van der Waals surface area contributed by atoms with E-state index >= 15 is 4.39 Å². The van der Waals surface area contributed by atoms with E-state index in [0.717, 1.165) is 21.4 Å². The van der Waals surface area contributed by atoms with Gasteiger partial charge in [-0.25, -0.2) is 9.37 Å². The van der Waals surface area contributed by atoms with E-state index in [1.165, 1.54) is 11.8 Å². The van der Waals surface area contributed by atoms with Crippen molar-refractivity contribution in [2.75, 3.05) is 38.6 Å². The van der Waals surface area contributed by atoms with Crippen LogP contribution >= 0.6 is 36.6 Å². The second-order valence-electron chi connectivity index (χ2n) is 8.82. The molecule has 1 saturated heterocycles. The Labute approximate surface area is 231 Å². The van der Waals surface area contributed by atoms with Crippen LogP contribution in [0, 0.1) is 0 Å². The monoisotopic (exact) mass is 569 g/mol. The first-order chi connectivity index (χ1) is 17.0. The van der Waals surface area contributed by atoms with Gasteiger partial charge in [-0.3, -0.25) is 14.7 Å². The van der Waals surface area contributed by atoms with Gasteiger partial charge in [-0.05, 0) is 54.9 Å². The van der Waals surface area contributed by atoms with E-state index in [4.69, 9.17) is 4.74 Å². The van der Waals surface area contributed by atoms with E-state index in [1.54, 1.807) is 25.6 Å². The number of ether oxygens (including phenoxy) is 1. The smallest absolute Gasteiger partial charge is 0.240 e. The van der Waals surface area contributed by atoms with Gasteiger partial charge in [-0.15, -0.1) is 36.6 Å². The van der Waals surface area contributed by atoms with Gasteiger partial charge in [-0.1, -0.05) is 0 Å². The van der Waals surface area contributed by atoms with E-state index in [2.05, 4.69) is 20.6 Å². The maximum Gasteiger partial charge on any atom is 0.240 e. The lowest BCUT2D eigenvalue weighted by atomic mass is 10.00. The van der Waals surface area contributed by atoms with Crippen molar-refractivity contribution >= 4 is 59.2 Å². The number of β-amino-alcohol motifs (C(OH)–C–C–N with tert-alkyl or cyclic N) is 1. The predicted octanol–water partition coefficient (Wildman–Crippen LogP) is 3.63. The fourth-order valence-electron chi connectivity index (χ4n) is 4.65. The summed E-state index contributed by atoms with van der Waals surface area (Å²) in [5.74, 6) is 1.15. The van der Waals surface area contributed by atoms with Crippen LogP contribution in [0.15, 0.2) is 53.7 Å². The maximum atomic E-state index is 15.1. The minimum absolute atomic E-state index is 0. The third kappa shape index (κ3) is 6.63. The number of hydrogen-bond donors (Lipinski definition) is 3. The minimum atomic E-state index is -1.10. The van der Waals surface area contributed by atoms with Crippen molar-refractivity contribution in [3.8, 4) is 5.75 Å². The molecule has 3 aromatic rings. The number of rotatable bonds is 7. The molecule has 3 N–H and O–H groups in total. The molecule has 37 heavy (non-hydrogen) atoms. The summed E-state index contributed by atoms with van der Waals surface area (Å²) in [5, 5.41) is 17.5. The average Bonchev–Trinajstić information content (AvgIpc) is 2.87. The molecule has 0 bridgehead atoms. The van der Waals surface area contributed by atoms with Crippen LogP contribution in [0.2, 0.25) is 0 Å². The summed E-state index contributed by atoms with van der Waals surface area (Å²) in [6, 6.07) is 10.8. The molecule has 5 rings (SSSR count). The first-order valence-electron chi connectivity index (χ1n) is 11.6. The van der Waals surface area contributed by atoms with Gasteiger partial charge in [0.15, 0.2) is 0 Å². The molecule has 1 fully saturated rings. The number of anilines is 1. The molecular weight excluding hydrogens is 540 g/mol. The number of nitrogens with zero attached hydrogens (tertiary/aromatic N) is 3. The lowest BCUT2D eigenvalue weighted by molar-refractivity contribution is -0.115. The summed E-state index contributed by atoms with van der Waals surface area (Å²) in [7, 11) is 1.60. The summed E-state index contributed by atoms with van der Waals surface area (Å²) in [5.41, 5.74) is 1.52. The van der Waals surface area contributed by atoms with Gasteiger partial charge in [0, 0.05) is 43.5 Å². The van der Waals surface area contributed by atoms with Crippen molar-refractivity contribution in [1.82, 2.24) is 20.2 Å². The Morgan fingerprint density at radius 1 is 1.27 bits per heavy atom. The van der Waals surface area contributed by atoms with Crippen molar-refractivity contribution in [3.05, 3.63) is 54.4 Å². The highest BCUT2D eigenvalue weighted by atomic mass is 35.5. The average molecular weight is 571 g/mol. The van der Waals surface area contributed by atoms with Crippen LogP contribution < -0.4 is 15.4 Å². The molecule has 4 atom stereocenters. The number of hydrogen-bond acceptors (Lipinski definition) is 8. The number of carbonyl (C=O) groups is 1. The van der Waals surface area contributed by atoms with Crippen LogP contribution in [0.5, 0.6) is 5.75 Å². The number of aromatic nitrogens is 2. The summed E-state index contributed by atoms with van der Waals surface area (Å²) >= 11 is 1.45. The van der Waals surface area contributed by atoms with Crippen LogP contribution in [0.25, 0.3) is 10.9 Å². The first kappa shape index (κ1) is 29.3. The number of alkyl halides is 1. The number of benzene rings is 1. The van der Waals surface area contributed by atoms with Gasteiger partial charge in [-0.2, -0.15) is 0 Å². The molecule has 2 aliphatic heterocycles. The van der Waals surface area contributed by atoms with Gasteiger partial charge in [0.2, 0.25) is 5.91 Å². The number of amides is 1. The molecule has 0 saturated carbocycles. The number of piperidine rings is 1. The Bertz CT molecular complexity index is 1230. The quantitative estimate of drug-likeness (QED) is 0.396. The molecule has 2 aliphatic rings. The summed E-state index contributed by atoms with van der Waals surface area (Å²) < 4.78 is 20.4. The van der Waals surface area contributed by atoms with Crippen LogP contribution in [-0.2, 0) is 4.79 Å². The molecule has 200 valence electrons. The lowest BCUT2D eigenvalue weighted by Gasteiger charge is -2.37. The molecule has 0 radical (unpaired) electrons. The fourth-order valence-corrected chi connectivity index (χ4v) is 5.67. The Morgan fingerprint density at radius 3 is 2.89 bits per heavy atom. The van der Waals surface area contributed by atoms with Crippen molar-refractivity contribution in [1.29, 1.82) is 0 Å². The topological polar surface area (TPSA) is 99.6 Å². The molecule has 0 aliphatic carbocycles. The predicted molar refractivity (Wildman–Crippen MR) is 148 cm³/mol. The highest BCUT2D eigenvalue weighted by molar-refractivity contribution is 8.01. The number of methoxy groups -OCH3 is 1. The second-order valence-corrected chi connectivity index (χ2v) is 10.1. The zero-order valence-electron chi connectivity index (χ0n) is 20.2. The Hall–Kier alpha value is -2.21. The largest absolute Gasteiger partial charge is 0.497 e. The Kier molecular flexibility index (Phi) is 10.3. The third-order valence-electron chi connectivity index (χ3n) is 6.54. The van der Waals surface area contributed by atoms with Gasteiger partial charge >= 0.3 is 0 Å². The summed E-state index contributed by atoms with van der Waals surface area (Å²) in [6.07, 6.45) is 2.03. The highest BCUT2D eigenvalue weighted by Crippen LogP contribution is 2.34. The van der Waals surface area contributed by atoms with E-state index in [-0.39, 0.29) is 48.6 Å². The van der Waals surface area contributed by atoms with Gasteiger partial charge in [0.25, 0.3) is 0 Å². The molecule has 1 unspecified atom stereocenters. The van der Waals surface area contributed by atoms with Crippen molar-refractivity contribution in [2.24, 2.45) is 0 Å². The normalized spacial score (nSPS) is 22.2. The second kappa shape index (κ2) is 13.0. The molecule has 8 nitrogen and oxygen atoms in total. The van der Waals surface area contributed by atoms with Crippen molar-refractivity contribution in [2.45, 2.75) is 34.9 Å². The van der Waals surface area contributed by atoms with Gasteiger partial charge in [0.1, 0.15) is 23.0 Å². The zero-order chi connectivity index (χ0) is 24.4. The Balaban J connectivity index is 0.00000190. The summed E-state index contributed by atoms with van der Waals surface area (Å²) in [6.45, 7) is 1.58. The summed E-state index contributed by atoms with van der Waals surface area (Å²) in [4.78, 5) is 23.8. The maximum absolute atomic E-state index is 15.1. The molecule has 1 aromatic carbocycles. The number of thioether (sulfide) groups is 1. The van der Waals surface area contributed by atoms with Crippen LogP contribution in [0.1, 0.15) is 18.1 Å². The molecule has 4 heterocycles. The third-order valence-corrected chi connectivity index (χ3v) is 7.79. The highest BCUT2D eigenvalue weighted by Gasteiger charge is 2.33. The van der Waals surface area contributed by atoms with Crippen LogP contribution in [0.3, 0.4) is 0 Å². The number of aliphatic hydroxyl groups excluding tert-OH is 1.